The Morgan fingerprint density at radius 3 is 2.69 bits per heavy atom. The minimum Gasteiger partial charge on any atom is -0.383 e. The van der Waals surface area contributed by atoms with Crippen molar-refractivity contribution < 1.29 is 4.74 Å². The number of rotatable bonds is 8. The SMILES string of the molecule is CCNC(COC)CSCc1ccccc1. The fourth-order valence-electron chi connectivity index (χ4n) is 1.55. The summed E-state index contributed by atoms with van der Waals surface area (Å²) in [5.41, 5.74) is 1.39. The lowest BCUT2D eigenvalue weighted by molar-refractivity contribution is 0.174. The van der Waals surface area contributed by atoms with Gasteiger partial charge in [0.15, 0.2) is 0 Å². The molecule has 0 saturated heterocycles. The van der Waals surface area contributed by atoms with Crippen LogP contribution < -0.4 is 5.32 Å². The average Bonchev–Trinajstić information content (AvgIpc) is 2.31. The van der Waals surface area contributed by atoms with Gasteiger partial charge in [-0.1, -0.05) is 37.3 Å². The fourth-order valence-corrected chi connectivity index (χ4v) is 2.59. The van der Waals surface area contributed by atoms with E-state index in [1.165, 1.54) is 5.56 Å². The first-order valence-electron chi connectivity index (χ1n) is 5.70. The maximum absolute atomic E-state index is 5.18. The van der Waals surface area contributed by atoms with Crippen LogP contribution >= 0.6 is 11.8 Å². The molecule has 1 atom stereocenters. The molecule has 0 saturated carbocycles. The molecule has 3 heteroatoms. The van der Waals surface area contributed by atoms with Gasteiger partial charge in [-0.15, -0.1) is 0 Å². The number of nitrogens with one attached hydrogen (secondary N) is 1. The summed E-state index contributed by atoms with van der Waals surface area (Å²) < 4.78 is 5.18. The molecule has 1 rings (SSSR count). The number of hydrogen-bond donors (Lipinski definition) is 1. The lowest BCUT2D eigenvalue weighted by atomic mass is 10.2. The number of likely N-dealkylation sites (N-methyl/N-ethyl adjacent to an activating group) is 1. The summed E-state index contributed by atoms with van der Waals surface area (Å²) in [5.74, 6) is 2.17. The van der Waals surface area contributed by atoms with Gasteiger partial charge in [-0.25, -0.2) is 0 Å². The van der Waals surface area contributed by atoms with E-state index < -0.39 is 0 Å². The summed E-state index contributed by atoms with van der Waals surface area (Å²) in [6.45, 7) is 3.92. The van der Waals surface area contributed by atoms with E-state index in [4.69, 9.17) is 4.74 Å². The van der Waals surface area contributed by atoms with Crippen LogP contribution in [0.25, 0.3) is 0 Å². The average molecular weight is 239 g/mol. The van der Waals surface area contributed by atoms with Crippen LogP contribution in [0, 0.1) is 0 Å². The predicted octanol–water partition coefficient (Wildman–Crippen LogP) is 2.54. The quantitative estimate of drug-likeness (QED) is 0.753. The fraction of sp³-hybridized carbons (Fsp3) is 0.538. The molecule has 0 heterocycles. The molecular formula is C13H21NOS. The number of hydrogen-bond acceptors (Lipinski definition) is 3. The highest BCUT2D eigenvalue weighted by Gasteiger charge is 2.06. The number of ether oxygens (including phenoxy) is 1. The molecule has 0 aliphatic rings. The molecule has 0 aliphatic heterocycles. The maximum Gasteiger partial charge on any atom is 0.0623 e. The minimum atomic E-state index is 0.462. The second-order valence-corrected chi connectivity index (χ2v) is 4.74. The zero-order valence-corrected chi connectivity index (χ0v) is 10.9. The molecular weight excluding hydrogens is 218 g/mol. The van der Waals surface area contributed by atoms with Gasteiger partial charge in [0.05, 0.1) is 6.61 Å². The van der Waals surface area contributed by atoms with Crippen LogP contribution in [0.4, 0.5) is 0 Å². The smallest absolute Gasteiger partial charge is 0.0623 e. The third-order valence-electron chi connectivity index (χ3n) is 2.29. The van der Waals surface area contributed by atoms with Crippen molar-refractivity contribution >= 4 is 11.8 Å². The molecule has 0 radical (unpaired) electrons. The molecule has 1 aromatic rings. The molecule has 90 valence electrons. The molecule has 0 bridgehead atoms. The van der Waals surface area contributed by atoms with Gasteiger partial charge in [0.1, 0.15) is 0 Å². The lowest BCUT2D eigenvalue weighted by Gasteiger charge is -2.16. The Morgan fingerprint density at radius 1 is 1.31 bits per heavy atom. The summed E-state index contributed by atoms with van der Waals surface area (Å²) in [5, 5.41) is 3.42. The summed E-state index contributed by atoms with van der Waals surface area (Å²) in [6.07, 6.45) is 0. The molecule has 0 aromatic heterocycles. The molecule has 0 spiro atoms. The molecule has 1 aromatic carbocycles. The van der Waals surface area contributed by atoms with Crippen molar-refractivity contribution in [3.05, 3.63) is 35.9 Å². The molecule has 0 aliphatic carbocycles. The first-order chi connectivity index (χ1) is 7.86. The zero-order chi connectivity index (χ0) is 11.6. The van der Waals surface area contributed by atoms with Crippen molar-refractivity contribution in [2.75, 3.05) is 26.0 Å². The van der Waals surface area contributed by atoms with E-state index in [0.29, 0.717) is 6.04 Å². The van der Waals surface area contributed by atoms with Gasteiger partial charge in [0.25, 0.3) is 0 Å². The predicted molar refractivity (Wildman–Crippen MR) is 71.9 cm³/mol. The summed E-state index contributed by atoms with van der Waals surface area (Å²) in [7, 11) is 1.76. The molecule has 0 fully saturated rings. The van der Waals surface area contributed by atoms with Crippen LogP contribution in [0.1, 0.15) is 12.5 Å². The Morgan fingerprint density at radius 2 is 2.06 bits per heavy atom. The second-order valence-electron chi connectivity index (χ2n) is 3.71. The van der Waals surface area contributed by atoms with Crippen molar-refractivity contribution in [1.29, 1.82) is 0 Å². The summed E-state index contributed by atoms with van der Waals surface area (Å²) in [4.78, 5) is 0. The third kappa shape index (κ3) is 5.54. The van der Waals surface area contributed by atoms with Crippen molar-refractivity contribution in [2.45, 2.75) is 18.7 Å². The molecule has 1 N–H and O–H groups in total. The van der Waals surface area contributed by atoms with Crippen LogP contribution in [0.5, 0.6) is 0 Å². The second kappa shape index (κ2) is 8.62. The topological polar surface area (TPSA) is 21.3 Å². The van der Waals surface area contributed by atoms with Crippen LogP contribution in [0.3, 0.4) is 0 Å². The first kappa shape index (κ1) is 13.6. The first-order valence-corrected chi connectivity index (χ1v) is 6.86. The molecule has 0 amide bonds. The van der Waals surface area contributed by atoms with Crippen molar-refractivity contribution in [1.82, 2.24) is 5.32 Å². The molecule has 2 nitrogen and oxygen atoms in total. The molecule has 16 heavy (non-hydrogen) atoms. The minimum absolute atomic E-state index is 0.462. The Bertz CT molecular complexity index is 260. The third-order valence-corrected chi connectivity index (χ3v) is 3.47. The van der Waals surface area contributed by atoms with Gasteiger partial charge < -0.3 is 10.1 Å². The van der Waals surface area contributed by atoms with E-state index in [2.05, 4.69) is 42.6 Å². The van der Waals surface area contributed by atoms with E-state index in [1.807, 2.05) is 11.8 Å². The highest BCUT2D eigenvalue weighted by atomic mass is 32.2. The normalized spacial score (nSPS) is 12.6. The Labute approximate surface area is 103 Å². The Hall–Kier alpha value is -0.510. The standard InChI is InChI=1S/C13H21NOS/c1-3-14-13(9-15-2)11-16-10-12-7-5-4-6-8-12/h4-8,13-14H,3,9-11H2,1-2H3. The van der Waals surface area contributed by atoms with E-state index in [1.54, 1.807) is 7.11 Å². The van der Waals surface area contributed by atoms with Crippen LogP contribution in [0.2, 0.25) is 0 Å². The van der Waals surface area contributed by atoms with Crippen molar-refractivity contribution in [3.63, 3.8) is 0 Å². The van der Waals surface area contributed by atoms with E-state index in [0.717, 1.165) is 24.7 Å². The number of thioether (sulfide) groups is 1. The largest absolute Gasteiger partial charge is 0.383 e. The van der Waals surface area contributed by atoms with Crippen molar-refractivity contribution in [2.24, 2.45) is 0 Å². The number of methoxy groups -OCH3 is 1. The molecule has 1 unspecified atom stereocenters. The maximum atomic E-state index is 5.18. The Kier molecular flexibility index (Phi) is 7.30. The van der Waals surface area contributed by atoms with Crippen molar-refractivity contribution in [3.8, 4) is 0 Å². The summed E-state index contributed by atoms with van der Waals surface area (Å²) in [6, 6.07) is 11.0. The van der Waals surface area contributed by atoms with Gasteiger partial charge >= 0.3 is 0 Å². The number of benzene rings is 1. The van der Waals surface area contributed by atoms with E-state index in [9.17, 15) is 0 Å². The van der Waals surface area contributed by atoms with Gasteiger partial charge in [-0.05, 0) is 12.1 Å². The Balaban J connectivity index is 2.22. The lowest BCUT2D eigenvalue weighted by Crippen LogP contribution is -2.35. The van der Waals surface area contributed by atoms with Gasteiger partial charge in [0, 0.05) is 24.7 Å². The highest BCUT2D eigenvalue weighted by molar-refractivity contribution is 7.98. The van der Waals surface area contributed by atoms with Crippen LogP contribution in [-0.2, 0) is 10.5 Å². The summed E-state index contributed by atoms with van der Waals surface area (Å²) >= 11 is 1.95. The van der Waals surface area contributed by atoms with Crippen LogP contribution in [0.15, 0.2) is 30.3 Å². The van der Waals surface area contributed by atoms with E-state index >= 15 is 0 Å². The van der Waals surface area contributed by atoms with Crippen LogP contribution in [-0.4, -0.2) is 32.1 Å². The monoisotopic (exact) mass is 239 g/mol. The zero-order valence-electron chi connectivity index (χ0n) is 10.1. The highest BCUT2D eigenvalue weighted by Crippen LogP contribution is 2.12. The van der Waals surface area contributed by atoms with E-state index in [-0.39, 0.29) is 0 Å². The van der Waals surface area contributed by atoms with Gasteiger partial charge in [-0.2, -0.15) is 11.8 Å². The van der Waals surface area contributed by atoms with Gasteiger partial charge in [-0.3, -0.25) is 0 Å². The van der Waals surface area contributed by atoms with Gasteiger partial charge in [0.2, 0.25) is 0 Å².